The highest BCUT2D eigenvalue weighted by Crippen LogP contribution is 2.32. The molecule has 1 atom stereocenters. The number of likely N-dealkylation sites (tertiary alicyclic amines) is 1. The monoisotopic (exact) mass is 245 g/mol. The molecule has 0 saturated carbocycles. The van der Waals surface area contributed by atoms with Crippen molar-refractivity contribution in [1.82, 2.24) is 4.90 Å². The highest BCUT2D eigenvalue weighted by molar-refractivity contribution is 5.77. The van der Waals surface area contributed by atoms with Gasteiger partial charge in [-0.05, 0) is 31.2 Å². The van der Waals surface area contributed by atoms with Crippen LogP contribution < -0.4 is 0 Å². The smallest absolute Gasteiger partial charge is 0.223 e. The Morgan fingerprint density at radius 3 is 2.61 bits per heavy atom. The van der Waals surface area contributed by atoms with Crippen molar-refractivity contribution in [1.29, 1.82) is 0 Å². The van der Waals surface area contributed by atoms with E-state index in [1.165, 1.54) is 11.1 Å². The van der Waals surface area contributed by atoms with Gasteiger partial charge in [-0.3, -0.25) is 4.79 Å². The van der Waals surface area contributed by atoms with Gasteiger partial charge in [0.25, 0.3) is 0 Å². The minimum Gasteiger partial charge on any atom is -0.336 e. The molecule has 0 aromatic heterocycles. The van der Waals surface area contributed by atoms with Gasteiger partial charge in [-0.15, -0.1) is 0 Å². The summed E-state index contributed by atoms with van der Waals surface area (Å²) in [5.41, 5.74) is 2.56. The van der Waals surface area contributed by atoms with E-state index in [1.54, 1.807) is 0 Å². The Bertz CT molecular complexity index is 408. The van der Waals surface area contributed by atoms with Crippen LogP contribution in [0.1, 0.15) is 50.3 Å². The van der Waals surface area contributed by atoms with Gasteiger partial charge in [0.15, 0.2) is 0 Å². The van der Waals surface area contributed by atoms with E-state index in [0.29, 0.717) is 24.3 Å². The van der Waals surface area contributed by atoms with E-state index in [0.717, 1.165) is 19.4 Å². The lowest BCUT2D eigenvalue weighted by atomic mass is 10.0. The molecule has 0 bridgehead atoms. The maximum absolute atomic E-state index is 12.2. The Kier molecular flexibility index (Phi) is 4.05. The van der Waals surface area contributed by atoms with Crippen molar-refractivity contribution in [2.75, 3.05) is 6.54 Å². The van der Waals surface area contributed by atoms with Crippen LogP contribution in [0.2, 0.25) is 0 Å². The SMILES string of the molecule is Cc1ccc([C@H]2CCCN2C(=O)CC(C)C)cc1. The van der Waals surface area contributed by atoms with E-state index in [-0.39, 0.29) is 0 Å². The second kappa shape index (κ2) is 5.55. The van der Waals surface area contributed by atoms with Gasteiger partial charge < -0.3 is 4.90 Å². The average molecular weight is 245 g/mol. The molecular weight excluding hydrogens is 222 g/mol. The number of carbonyl (C=O) groups excluding carboxylic acids is 1. The quantitative estimate of drug-likeness (QED) is 0.795. The lowest BCUT2D eigenvalue weighted by Crippen LogP contribution is -2.31. The number of aryl methyl sites for hydroxylation is 1. The van der Waals surface area contributed by atoms with E-state index in [2.05, 4.69) is 49.9 Å². The van der Waals surface area contributed by atoms with Crippen LogP contribution in [0.15, 0.2) is 24.3 Å². The van der Waals surface area contributed by atoms with Crippen LogP contribution in [0.4, 0.5) is 0 Å². The average Bonchev–Trinajstić information content (AvgIpc) is 2.78. The van der Waals surface area contributed by atoms with Gasteiger partial charge in [0.2, 0.25) is 5.91 Å². The lowest BCUT2D eigenvalue weighted by Gasteiger charge is -2.26. The van der Waals surface area contributed by atoms with Gasteiger partial charge in [0.05, 0.1) is 6.04 Å². The Morgan fingerprint density at radius 2 is 2.00 bits per heavy atom. The van der Waals surface area contributed by atoms with E-state index < -0.39 is 0 Å². The highest BCUT2D eigenvalue weighted by atomic mass is 16.2. The van der Waals surface area contributed by atoms with Crippen LogP contribution in [0.3, 0.4) is 0 Å². The highest BCUT2D eigenvalue weighted by Gasteiger charge is 2.29. The van der Waals surface area contributed by atoms with E-state index >= 15 is 0 Å². The molecule has 0 aliphatic carbocycles. The molecule has 1 aliphatic heterocycles. The fraction of sp³-hybridized carbons (Fsp3) is 0.562. The first-order chi connectivity index (χ1) is 8.58. The minimum atomic E-state index is 0.303. The zero-order valence-electron chi connectivity index (χ0n) is 11.6. The molecule has 0 spiro atoms. The Hall–Kier alpha value is -1.31. The molecular formula is C16H23NO. The molecule has 1 saturated heterocycles. The van der Waals surface area contributed by atoms with Crippen LogP contribution in [0, 0.1) is 12.8 Å². The zero-order chi connectivity index (χ0) is 13.1. The first-order valence-electron chi connectivity index (χ1n) is 6.94. The Morgan fingerprint density at radius 1 is 1.33 bits per heavy atom. The molecule has 1 aliphatic rings. The van der Waals surface area contributed by atoms with Crippen molar-refractivity contribution in [3.63, 3.8) is 0 Å². The zero-order valence-corrected chi connectivity index (χ0v) is 11.6. The molecule has 98 valence electrons. The normalized spacial score (nSPS) is 19.6. The van der Waals surface area contributed by atoms with Gasteiger partial charge in [0, 0.05) is 13.0 Å². The summed E-state index contributed by atoms with van der Waals surface area (Å²) in [6.07, 6.45) is 2.90. The molecule has 0 unspecified atom stereocenters. The molecule has 1 heterocycles. The molecule has 2 heteroatoms. The summed E-state index contributed by atoms with van der Waals surface area (Å²) in [6.45, 7) is 7.23. The molecule has 18 heavy (non-hydrogen) atoms. The van der Waals surface area contributed by atoms with Gasteiger partial charge in [-0.2, -0.15) is 0 Å². The molecule has 0 radical (unpaired) electrons. The van der Waals surface area contributed by atoms with E-state index in [1.807, 2.05) is 0 Å². The van der Waals surface area contributed by atoms with Crippen LogP contribution in [-0.4, -0.2) is 17.4 Å². The van der Waals surface area contributed by atoms with Crippen LogP contribution >= 0.6 is 0 Å². The van der Waals surface area contributed by atoms with Crippen molar-refractivity contribution in [3.8, 4) is 0 Å². The standard InChI is InChI=1S/C16H23NO/c1-12(2)11-16(18)17-10-4-5-15(17)14-8-6-13(3)7-9-14/h6-9,12,15H,4-5,10-11H2,1-3H3/t15-/m1/s1. The number of nitrogens with zero attached hydrogens (tertiary/aromatic N) is 1. The summed E-state index contributed by atoms with van der Waals surface area (Å²) in [6, 6.07) is 8.91. The number of amides is 1. The molecule has 1 aromatic rings. The third kappa shape index (κ3) is 2.92. The van der Waals surface area contributed by atoms with Crippen LogP contribution in [-0.2, 0) is 4.79 Å². The summed E-state index contributed by atoms with van der Waals surface area (Å²) in [5.74, 6) is 0.754. The number of carbonyl (C=O) groups is 1. The maximum atomic E-state index is 12.2. The second-order valence-corrected chi connectivity index (χ2v) is 5.75. The largest absolute Gasteiger partial charge is 0.336 e. The molecule has 1 aromatic carbocycles. The number of hydrogen-bond donors (Lipinski definition) is 0. The molecule has 1 amide bonds. The first kappa shape index (κ1) is 13.1. The van der Waals surface area contributed by atoms with Crippen molar-refractivity contribution in [2.24, 2.45) is 5.92 Å². The van der Waals surface area contributed by atoms with Crippen LogP contribution in [0.25, 0.3) is 0 Å². The molecule has 2 rings (SSSR count). The minimum absolute atomic E-state index is 0.303. The van der Waals surface area contributed by atoms with Crippen molar-refractivity contribution >= 4 is 5.91 Å². The van der Waals surface area contributed by atoms with Crippen molar-refractivity contribution in [3.05, 3.63) is 35.4 Å². The molecule has 0 N–H and O–H groups in total. The topological polar surface area (TPSA) is 20.3 Å². The van der Waals surface area contributed by atoms with Crippen LogP contribution in [0.5, 0.6) is 0 Å². The molecule has 2 nitrogen and oxygen atoms in total. The third-order valence-electron chi connectivity index (χ3n) is 3.62. The Balaban J connectivity index is 2.12. The van der Waals surface area contributed by atoms with Gasteiger partial charge in [-0.25, -0.2) is 0 Å². The number of benzene rings is 1. The lowest BCUT2D eigenvalue weighted by molar-refractivity contribution is -0.132. The Labute approximate surface area is 110 Å². The summed E-state index contributed by atoms with van der Waals surface area (Å²) >= 11 is 0. The first-order valence-corrected chi connectivity index (χ1v) is 6.94. The maximum Gasteiger partial charge on any atom is 0.223 e. The van der Waals surface area contributed by atoms with E-state index in [4.69, 9.17) is 0 Å². The van der Waals surface area contributed by atoms with Crippen molar-refractivity contribution in [2.45, 2.75) is 46.1 Å². The summed E-state index contributed by atoms with van der Waals surface area (Å²) in [5, 5.41) is 0. The van der Waals surface area contributed by atoms with E-state index in [9.17, 15) is 4.79 Å². The fourth-order valence-corrected chi connectivity index (χ4v) is 2.67. The number of hydrogen-bond acceptors (Lipinski definition) is 1. The summed E-state index contributed by atoms with van der Waals surface area (Å²) in [4.78, 5) is 14.3. The predicted molar refractivity (Wildman–Crippen MR) is 74.3 cm³/mol. The molecule has 1 fully saturated rings. The summed E-state index contributed by atoms with van der Waals surface area (Å²) < 4.78 is 0. The van der Waals surface area contributed by atoms with Gasteiger partial charge >= 0.3 is 0 Å². The predicted octanol–water partition coefficient (Wildman–Crippen LogP) is 3.70. The fourth-order valence-electron chi connectivity index (χ4n) is 2.67. The summed E-state index contributed by atoms with van der Waals surface area (Å²) in [7, 11) is 0. The van der Waals surface area contributed by atoms with Crippen molar-refractivity contribution < 1.29 is 4.79 Å². The number of rotatable bonds is 3. The van der Waals surface area contributed by atoms with Gasteiger partial charge in [-0.1, -0.05) is 43.7 Å². The van der Waals surface area contributed by atoms with Gasteiger partial charge in [0.1, 0.15) is 0 Å². The second-order valence-electron chi connectivity index (χ2n) is 5.75. The third-order valence-corrected chi connectivity index (χ3v) is 3.62.